The van der Waals surface area contributed by atoms with Crippen LogP contribution in [0.25, 0.3) is 0 Å². The lowest BCUT2D eigenvalue weighted by molar-refractivity contribution is -0.122. The molecule has 1 aromatic rings. The zero-order valence-corrected chi connectivity index (χ0v) is 13.5. The van der Waals surface area contributed by atoms with E-state index in [0.717, 1.165) is 37.2 Å². The van der Waals surface area contributed by atoms with Crippen molar-refractivity contribution in [1.29, 1.82) is 0 Å². The van der Waals surface area contributed by atoms with E-state index in [0.29, 0.717) is 12.6 Å². The maximum atomic E-state index is 12.2. The van der Waals surface area contributed by atoms with E-state index in [1.54, 1.807) is 7.11 Å². The van der Waals surface area contributed by atoms with Crippen LogP contribution in [0.4, 0.5) is 0 Å². The van der Waals surface area contributed by atoms with E-state index in [-0.39, 0.29) is 5.91 Å². The van der Waals surface area contributed by atoms with Gasteiger partial charge in [0.05, 0.1) is 6.61 Å². The standard InChI is InChI=1S/C17H27N3O2/c1-13-5-7-14(8-6-13)16(18)17(21)19-12-15-4-3-9-20(15)10-11-22-2/h5-8,15-16H,3-4,9-12,18H2,1-2H3,(H,19,21). The number of amides is 1. The van der Waals surface area contributed by atoms with Gasteiger partial charge in [-0.15, -0.1) is 0 Å². The molecular formula is C17H27N3O2. The molecule has 1 aliphatic rings. The first-order valence-electron chi connectivity index (χ1n) is 7.94. The second-order valence-electron chi connectivity index (χ2n) is 5.96. The minimum Gasteiger partial charge on any atom is -0.383 e. The molecule has 1 aromatic carbocycles. The number of nitrogens with zero attached hydrogens (tertiary/aromatic N) is 1. The van der Waals surface area contributed by atoms with Gasteiger partial charge in [0.15, 0.2) is 0 Å². The average Bonchev–Trinajstić information content (AvgIpc) is 2.98. The minimum atomic E-state index is -0.602. The molecule has 1 fully saturated rings. The van der Waals surface area contributed by atoms with Gasteiger partial charge in [-0.2, -0.15) is 0 Å². The van der Waals surface area contributed by atoms with Gasteiger partial charge in [0.1, 0.15) is 6.04 Å². The third-order valence-corrected chi connectivity index (χ3v) is 4.31. The van der Waals surface area contributed by atoms with Gasteiger partial charge in [0.25, 0.3) is 0 Å². The molecule has 1 saturated heterocycles. The molecule has 5 nitrogen and oxygen atoms in total. The summed E-state index contributed by atoms with van der Waals surface area (Å²) in [5.41, 5.74) is 8.06. The van der Waals surface area contributed by atoms with Gasteiger partial charge in [-0.3, -0.25) is 9.69 Å². The van der Waals surface area contributed by atoms with Crippen molar-refractivity contribution in [1.82, 2.24) is 10.2 Å². The van der Waals surface area contributed by atoms with Crippen LogP contribution in [0, 0.1) is 6.92 Å². The van der Waals surface area contributed by atoms with Crippen LogP contribution in [0.3, 0.4) is 0 Å². The van der Waals surface area contributed by atoms with Crippen LogP contribution in [0.15, 0.2) is 24.3 Å². The summed E-state index contributed by atoms with van der Waals surface area (Å²) in [6, 6.07) is 7.58. The molecule has 2 atom stereocenters. The number of benzene rings is 1. The Kier molecular flexibility index (Phi) is 6.36. The van der Waals surface area contributed by atoms with Crippen molar-refractivity contribution in [3.05, 3.63) is 35.4 Å². The number of hydrogen-bond donors (Lipinski definition) is 2. The Bertz CT molecular complexity index is 475. The van der Waals surface area contributed by atoms with Gasteiger partial charge in [0.2, 0.25) is 5.91 Å². The van der Waals surface area contributed by atoms with E-state index in [1.807, 2.05) is 31.2 Å². The van der Waals surface area contributed by atoms with E-state index >= 15 is 0 Å². The largest absolute Gasteiger partial charge is 0.383 e. The molecule has 0 radical (unpaired) electrons. The molecule has 2 rings (SSSR count). The van der Waals surface area contributed by atoms with Crippen molar-refractivity contribution in [2.45, 2.75) is 31.8 Å². The predicted octanol–water partition coefficient (Wildman–Crippen LogP) is 1.22. The Morgan fingerprint density at radius 3 is 2.86 bits per heavy atom. The fourth-order valence-electron chi connectivity index (χ4n) is 2.88. The number of hydrogen-bond acceptors (Lipinski definition) is 4. The van der Waals surface area contributed by atoms with Crippen molar-refractivity contribution in [2.24, 2.45) is 5.73 Å². The van der Waals surface area contributed by atoms with Crippen molar-refractivity contribution in [2.75, 3.05) is 33.4 Å². The van der Waals surface area contributed by atoms with Gasteiger partial charge in [-0.1, -0.05) is 29.8 Å². The quantitative estimate of drug-likeness (QED) is 0.795. The lowest BCUT2D eigenvalue weighted by Crippen LogP contribution is -2.43. The normalized spacial score (nSPS) is 20.0. The fourth-order valence-corrected chi connectivity index (χ4v) is 2.88. The van der Waals surface area contributed by atoms with Crippen molar-refractivity contribution < 1.29 is 9.53 Å². The lowest BCUT2D eigenvalue weighted by atomic mass is 10.1. The van der Waals surface area contributed by atoms with Crippen LogP contribution in [0.1, 0.15) is 30.0 Å². The van der Waals surface area contributed by atoms with E-state index in [2.05, 4.69) is 10.2 Å². The summed E-state index contributed by atoms with van der Waals surface area (Å²) in [5.74, 6) is -0.109. The van der Waals surface area contributed by atoms with Crippen molar-refractivity contribution in [3.8, 4) is 0 Å². The number of nitrogens with one attached hydrogen (secondary N) is 1. The number of methoxy groups -OCH3 is 1. The third kappa shape index (κ3) is 4.53. The Labute approximate surface area is 132 Å². The van der Waals surface area contributed by atoms with E-state index in [4.69, 9.17) is 10.5 Å². The highest BCUT2D eigenvalue weighted by Crippen LogP contribution is 2.16. The molecule has 22 heavy (non-hydrogen) atoms. The Morgan fingerprint density at radius 1 is 1.45 bits per heavy atom. The third-order valence-electron chi connectivity index (χ3n) is 4.31. The summed E-state index contributed by atoms with van der Waals surface area (Å²) in [6.07, 6.45) is 2.29. The first-order valence-corrected chi connectivity index (χ1v) is 7.94. The summed E-state index contributed by atoms with van der Waals surface area (Å²) in [7, 11) is 1.72. The number of likely N-dealkylation sites (tertiary alicyclic amines) is 1. The summed E-state index contributed by atoms with van der Waals surface area (Å²) < 4.78 is 5.13. The highest BCUT2D eigenvalue weighted by molar-refractivity contribution is 5.82. The summed E-state index contributed by atoms with van der Waals surface area (Å²) in [5, 5.41) is 3.00. The molecule has 0 aliphatic carbocycles. The van der Waals surface area contributed by atoms with Gasteiger partial charge in [-0.25, -0.2) is 0 Å². The van der Waals surface area contributed by atoms with Crippen LogP contribution >= 0.6 is 0 Å². The van der Waals surface area contributed by atoms with Gasteiger partial charge >= 0.3 is 0 Å². The molecule has 0 spiro atoms. The minimum absolute atomic E-state index is 0.109. The second kappa shape index (κ2) is 8.27. The molecule has 1 heterocycles. The number of carbonyl (C=O) groups is 1. The first kappa shape index (κ1) is 16.9. The first-order chi connectivity index (χ1) is 10.6. The maximum absolute atomic E-state index is 12.2. The van der Waals surface area contributed by atoms with Crippen LogP contribution in [0.2, 0.25) is 0 Å². The maximum Gasteiger partial charge on any atom is 0.241 e. The predicted molar refractivity (Wildman–Crippen MR) is 87.6 cm³/mol. The average molecular weight is 305 g/mol. The monoisotopic (exact) mass is 305 g/mol. The van der Waals surface area contributed by atoms with E-state index in [1.165, 1.54) is 6.42 Å². The zero-order chi connectivity index (χ0) is 15.9. The van der Waals surface area contributed by atoms with Crippen LogP contribution in [0.5, 0.6) is 0 Å². The molecule has 2 unspecified atom stereocenters. The molecule has 0 aromatic heterocycles. The van der Waals surface area contributed by atoms with Gasteiger partial charge in [0, 0.05) is 26.2 Å². The Hall–Kier alpha value is -1.43. The SMILES string of the molecule is COCCN1CCCC1CNC(=O)C(N)c1ccc(C)cc1. The summed E-state index contributed by atoms with van der Waals surface area (Å²) in [4.78, 5) is 14.6. The van der Waals surface area contributed by atoms with Crippen molar-refractivity contribution >= 4 is 5.91 Å². The second-order valence-corrected chi connectivity index (χ2v) is 5.96. The fraction of sp³-hybridized carbons (Fsp3) is 0.588. The highest BCUT2D eigenvalue weighted by Gasteiger charge is 2.25. The number of aryl methyl sites for hydroxylation is 1. The smallest absolute Gasteiger partial charge is 0.241 e. The topological polar surface area (TPSA) is 67.6 Å². The Morgan fingerprint density at radius 2 is 2.18 bits per heavy atom. The van der Waals surface area contributed by atoms with Crippen LogP contribution < -0.4 is 11.1 Å². The number of nitrogens with two attached hydrogens (primary N) is 1. The van der Waals surface area contributed by atoms with Crippen LogP contribution in [-0.2, 0) is 9.53 Å². The summed E-state index contributed by atoms with van der Waals surface area (Å²) in [6.45, 7) is 5.40. The molecule has 1 aliphatic heterocycles. The molecule has 5 heteroatoms. The number of rotatable bonds is 7. The van der Waals surface area contributed by atoms with Gasteiger partial charge < -0.3 is 15.8 Å². The lowest BCUT2D eigenvalue weighted by Gasteiger charge is -2.25. The molecule has 3 N–H and O–H groups in total. The van der Waals surface area contributed by atoms with E-state index in [9.17, 15) is 4.79 Å². The zero-order valence-electron chi connectivity index (χ0n) is 13.5. The molecular weight excluding hydrogens is 278 g/mol. The molecule has 122 valence electrons. The van der Waals surface area contributed by atoms with Crippen molar-refractivity contribution in [3.63, 3.8) is 0 Å². The highest BCUT2D eigenvalue weighted by atomic mass is 16.5. The molecule has 0 saturated carbocycles. The Balaban J connectivity index is 1.82. The summed E-state index contributed by atoms with van der Waals surface area (Å²) >= 11 is 0. The van der Waals surface area contributed by atoms with Gasteiger partial charge in [-0.05, 0) is 31.9 Å². The van der Waals surface area contributed by atoms with E-state index < -0.39 is 6.04 Å². The molecule has 0 bridgehead atoms. The number of ether oxygens (including phenoxy) is 1. The number of carbonyl (C=O) groups excluding carboxylic acids is 1. The molecule has 1 amide bonds. The van der Waals surface area contributed by atoms with Crippen LogP contribution in [-0.4, -0.2) is 50.2 Å².